The number of nitro groups is 1. The number of piperidine rings is 1. The van der Waals surface area contributed by atoms with E-state index in [0.29, 0.717) is 11.1 Å². The van der Waals surface area contributed by atoms with E-state index in [9.17, 15) is 14.9 Å². The molecule has 0 aromatic heterocycles. The van der Waals surface area contributed by atoms with E-state index in [2.05, 4.69) is 0 Å². The summed E-state index contributed by atoms with van der Waals surface area (Å²) in [6.07, 6.45) is 3.17. The van der Waals surface area contributed by atoms with E-state index in [1.807, 2.05) is 35.2 Å². The number of non-ortho nitro benzene ring substituents is 1. The Hall–Kier alpha value is -2.69. The zero-order valence-electron chi connectivity index (χ0n) is 12.8. The van der Waals surface area contributed by atoms with Crippen molar-refractivity contribution < 1.29 is 9.72 Å². The molecule has 0 unspecified atom stereocenters. The van der Waals surface area contributed by atoms with Crippen LogP contribution in [0.15, 0.2) is 48.5 Å². The molecule has 2 aromatic rings. The third-order valence-corrected chi connectivity index (χ3v) is 4.17. The van der Waals surface area contributed by atoms with Crippen LogP contribution < -0.4 is 0 Å². The predicted molar refractivity (Wildman–Crippen MR) is 88.3 cm³/mol. The van der Waals surface area contributed by atoms with E-state index in [1.54, 1.807) is 6.07 Å². The minimum Gasteiger partial charge on any atom is -0.339 e. The Morgan fingerprint density at radius 3 is 2.35 bits per heavy atom. The van der Waals surface area contributed by atoms with Gasteiger partial charge in [0.05, 0.1) is 4.92 Å². The lowest BCUT2D eigenvalue weighted by molar-refractivity contribution is -0.384. The molecular weight excluding hydrogens is 292 g/mol. The van der Waals surface area contributed by atoms with Crippen molar-refractivity contribution in [2.24, 2.45) is 0 Å². The van der Waals surface area contributed by atoms with Gasteiger partial charge in [0.1, 0.15) is 0 Å². The SMILES string of the molecule is O=C(c1ccc([N+](=O)[O-])cc1-c1ccccc1)N1CCCCC1. The van der Waals surface area contributed by atoms with Gasteiger partial charge < -0.3 is 4.90 Å². The van der Waals surface area contributed by atoms with Crippen LogP contribution in [0, 0.1) is 10.1 Å². The molecule has 0 saturated carbocycles. The first kappa shape index (κ1) is 15.2. The summed E-state index contributed by atoms with van der Waals surface area (Å²) in [5, 5.41) is 11.1. The lowest BCUT2D eigenvalue weighted by Crippen LogP contribution is -2.35. The van der Waals surface area contributed by atoms with Gasteiger partial charge >= 0.3 is 0 Å². The molecule has 23 heavy (non-hydrogen) atoms. The first-order chi connectivity index (χ1) is 11.2. The molecule has 118 valence electrons. The number of benzene rings is 2. The van der Waals surface area contributed by atoms with Gasteiger partial charge in [-0.2, -0.15) is 0 Å². The number of nitro benzene ring substituents is 1. The van der Waals surface area contributed by atoms with E-state index in [-0.39, 0.29) is 11.6 Å². The van der Waals surface area contributed by atoms with Crippen LogP contribution in [0.3, 0.4) is 0 Å². The average Bonchev–Trinajstić information content (AvgIpc) is 2.62. The highest BCUT2D eigenvalue weighted by Crippen LogP contribution is 2.29. The highest BCUT2D eigenvalue weighted by Gasteiger charge is 2.23. The highest BCUT2D eigenvalue weighted by atomic mass is 16.6. The van der Waals surface area contributed by atoms with Gasteiger partial charge in [0, 0.05) is 36.3 Å². The van der Waals surface area contributed by atoms with E-state index in [1.165, 1.54) is 12.1 Å². The lowest BCUT2D eigenvalue weighted by Gasteiger charge is -2.27. The number of hydrogen-bond acceptors (Lipinski definition) is 3. The molecule has 3 rings (SSSR count). The van der Waals surface area contributed by atoms with Crippen molar-refractivity contribution in [3.63, 3.8) is 0 Å². The largest absolute Gasteiger partial charge is 0.339 e. The molecule has 0 aliphatic carbocycles. The third kappa shape index (κ3) is 3.23. The van der Waals surface area contributed by atoms with Gasteiger partial charge in [0.15, 0.2) is 0 Å². The summed E-state index contributed by atoms with van der Waals surface area (Å²) in [7, 11) is 0. The van der Waals surface area contributed by atoms with E-state index in [4.69, 9.17) is 0 Å². The van der Waals surface area contributed by atoms with Crippen LogP contribution in [0.5, 0.6) is 0 Å². The van der Waals surface area contributed by atoms with Crippen molar-refractivity contribution in [3.05, 3.63) is 64.2 Å². The molecule has 1 saturated heterocycles. The molecule has 0 bridgehead atoms. The molecule has 5 heteroatoms. The van der Waals surface area contributed by atoms with Crippen LogP contribution in [0.4, 0.5) is 5.69 Å². The molecule has 1 amide bonds. The Kier molecular flexibility index (Phi) is 4.37. The second-order valence-electron chi connectivity index (χ2n) is 5.71. The smallest absolute Gasteiger partial charge is 0.270 e. The molecular formula is C18H18N2O3. The van der Waals surface area contributed by atoms with Gasteiger partial charge in [-0.15, -0.1) is 0 Å². The molecule has 5 nitrogen and oxygen atoms in total. The first-order valence-corrected chi connectivity index (χ1v) is 7.80. The number of carbonyl (C=O) groups is 1. The zero-order chi connectivity index (χ0) is 16.2. The van der Waals surface area contributed by atoms with Crippen LogP contribution in [0.25, 0.3) is 11.1 Å². The Bertz CT molecular complexity index is 722. The summed E-state index contributed by atoms with van der Waals surface area (Å²) in [4.78, 5) is 25.3. The minimum atomic E-state index is -0.429. The Morgan fingerprint density at radius 2 is 1.70 bits per heavy atom. The maximum atomic E-state index is 12.8. The fourth-order valence-electron chi connectivity index (χ4n) is 2.96. The minimum absolute atomic E-state index is 0.000882. The van der Waals surface area contributed by atoms with Gasteiger partial charge in [-0.05, 0) is 30.9 Å². The molecule has 1 fully saturated rings. The molecule has 0 spiro atoms. The summed E-state index contributed by atoms with van der Waals surface area (Å²) in [5.41, 5.74) is 1.97. The van der Waals surface area contributed by atoms with Crippen molar-refractivity contribution in [2.75, 3.05) is 13.1 Å². The second kappa shape index (κ2) is 6.60. The molecule has 0 atom stereocenters. The van der Waals surface area contributed by atoms with E-state index in [0.717, 1.165) is 37.9 Å². The fourth-order valence-corrected chi connectivity index (χ4v) is 2.96. The summed E-state index contributed by atoms with van der Waals surface area (Å²) < 4.78 is 0. The van der Waals surface area contributed by atoms with Crippen LogP contribution >= 0.6 is 0 Å². The number of rotatable bonds is 3. The second-order valence-corrected chi connectivity index (χ2v) is 5.71. The zero-order valence-corrected chi connectivity index (χ0v) is 12.8. The fraction of sp³-hybridized carbons (Fsp3) is 0.278. The molecule has 1 heterocycles. The average molecular weight is 310 g/mol. The van der Waals surface area contributed by atoms with Gasteiger partial charge in [-0.3, -0.25) is 14.9 Å². The van der Waals surface area contributed by atoms with Crippen molar-refractivity contribution in [3.8, 4) is 11.1 Å². The molecule has 1 aliphatic rings. The Labute approximate surface area is 134 Å². The molecule has 1 aliphatic heterocycles. The highest BCUT2D eigenvalue weighted by molar-refractivity contribution is 6.01. The topological polar surface area (TPSA) is 63.4 Å². The van der Waals surface area contributed by atoms with Gasteiger partial charge in [0.2, 0.25) is 0 Å². The van der Waals surface area contributed by atoms with Crippen molar-refractivity contribution in [2.45, 2.75) is 19.3 Å². The van der Waals surface area contributed by atoms with Crippen LogP contribution in [-0.4, -0.2) is 28.8 Å². The molecule has 0 N–H and O–H groups in total. The predicted octanol–water partition coefficient (Wildman–Crippen LogP) is 3.89. The number of amides is 1. The Balaban J connectivity index is 2.05. The summed E-state index contributed by atoms with van der Waals surface area (Å²) in [5.74, 6) is -0.0431. The summed E-state index contributed by atoms with van der Waals surface area (Å²) in [6.45, 7) is 1.51. The summed E-state index contributed by atoms with van der Waals surface area (Å²) >= 11 is 0. The maximum absolute atomic E-state index is 12.8. The van der Waals surface area contributed by atoms with Gasteiger partial charge in [-0.25, -0.2) is 0 Å². The van der Waals surface area contributed by atoms with Crippen molar-refractivity contribution >= 4 is 11.6 Å². The quantitative estimate of drug-likeness (QED) is 0.638. The van der Waals surface area contributed by atoms with Crippen LogP contribution in [-0.2, 0) is 0 Å². The maximum Gasteiger partial charge on any atom is 0.270 e. The summed E-state index contributed by atoms with van der Waals surface area (Å²) in [6, 6.07) is 13.8. The number of nitrogens with zero attached hydrogens (tertiary/aromatic N) is 2. The lowest BCUT2D eigenvalue weighted by atomic mass is 9.97. The van der Waals surface area contributed by atoms with Crippen LogP contribution in [0.2, 0.25) is 0 Å². The standard InChI is InChI=1S/C18H18N2O3/c21-18(19-11-5-2-6-12-19)16-10-9-15(20(22)23)13-17(16)14-7-3-1-4-8-14/h1,3-4,7-10,13H,2,5-6,11-12H2. The Morgan fingerprint density at radius 1 is 1.00 bits per heavy atom. The van der Waals surface area contributed by atoms with Crippen molar-refractivity contribution in [1.82, 2.24) is 4.90 Å². The monoisotopic (exact) mass is 310 g/mol. The number of hydrogen-bond donors (Lipinski definition) is 0. The van der Waals surface area contributed by atoms with E-state index >= 15 is 0 Å². The number of carbonyl (C=O) groups excluding carboxylic acids is 1. The van der Waals surface area contributed by atoms with Gasteiger partial charge in [0.25, 0.3) is 11.6 Å². The molecule has 2 aromatic carbocycles. The first-order valence-electron chi connectivity index (χ1n) is 7.80. The number of likely N-dealkylation sites (tertiary alicyclic amines) is 1. The molecule has 0 radical (unpaired) electrons. The third-order valence-electron chi connectivity index (χ3n) is 4.17. The van der Waals surface area contributed by atoms with Crippen LogP contribution in [0.1, 0.15) is 29.6 Å². The van der Waals surface area contributed by atoms with Crippen molar-refractivity contribution in [1.29, 1.82) is 0 Å². The van der Waals surface area contributed by atoms with Gasteiger partial charge in [-0.1, -0.05) is 30.3 Å². The normalized spacial score (nSPS) is 14.5. The van der Waals surface area contributed by atoms with E-state index < -0.39 is 4.92 Å².